The van der Waals surface area contributed by atoms with Crippen molar-refractivity contribution in [3.63, 3.8) is 0 Å². The summed E-state index contributed by atoms with van der Waals surface area (Å²) >= 11 is 0. The maximum Gasteiger partial charge on any atom is 0.191 e. The van der Waals surface area contributed by atoms with E-state index in [1.54, 1.807) is 0 Å². The van der Waals surface area contributed by atoms with Crippen LogP contribution in [0.3, 0.4) is 0 Å². The maximum absolute atomic E-state index is 8.13. The van der Waals surface area contributed by atoms with E-state index in [1.807, 2.05) is 0 Å². The van der Waals surface area contributed by atoms with E-state index in [0.29, 0.717) is 6.54 Å². The average molecular weight is 195 g/mol. The molecule has 0 saturated carbocycles. The van der Waals surface area contributed by atoms with E-state index in [2.05, 4.69) is 34.1 Å². The quantitative estimate of drug-likeness (QED) is 0.337. The summed E-state index contributed by atoms with van der Waals surface area (Å²) in [4.78, 5) is 2.72. The van der Waals surface area contributed by atoms with E-state index in [0.717, 1.165) is 25.2 Å². The van der Waals surface area contributed by atoms with Crippen molar-refractivity contribution in [2.24, 2.45) is 21.3 Å². The standard InChI is InChI=1S/C9H17N5/c1-8(2)4-3-5-9(12-13-9)6-7-11-14-10/h8H,3-7H2,1-2H3. The van der Waals surface area contributed by atoms with Gasteiger partial charge in [0.1, 0.15) is 0 Å². The minimum absolute atomic E-state index is 0.178. The fourth-order valence-corrected chi connectivity index (χ4v) is 1.46. The summed E-state index contributed by atoms with van der Waals surface area (Å²) in [6, 6.07) is 0. The molecule has 0 aromatic rings. The van der Waals surface area contributed by atoms with Gasteiger partial charge in [-0.1, -0.05) is 25.4 Å². The number of hydrogen-bond donors (Lipinski definition) is 0. The zero-order valence-electron chi connectivity index (χ0n) is 8.85. The molecule has 0 bridgehead atoms. The van der Waals surface area contributed by atoms with Crippen molar-refractivity contribution in [1.82, 2.24) is 0 Å². The van der Waals surface area contributed by atoms with Crippen molar-refractivity contribution in [3.8, 4) is 0 Å². The Morgan fingerprint density at radius 3 is 2.57 bits per heavy atom. The lowest BCUT2D eigenvalue weighted by molar-refractivity contribution is 0.450. The van der Waals surface area contributed by atoms with Gasteiger partial charge in [-0.05, 0) is 24.3 Å². The molecule has 0 fully saturated rings. The van der Waals surface area contributed by atoms with Gasteiger partial charge in [0, 0.05) is 17.9 Å². The van der Waals surface area contributed by atoms with Crippen molar-refractivity contribution >= 4 is 0 Å². The summed E-state index contributed by atoms with van der Waals surface area (Å²) in [5.74, 6) is 0.739. The van der Waals surface area contributed by atoms with E-state index < -0.39 is 0 Å². The summed E-state index contributed by atoms with van der Waals surface area (Å²) in [6.07, 6.45) is 4.15. The molecule has 1 rings (SSSR count). The summed E-state index contributed by atoms with van der Waals surface area (Å²) in [6.45, 7) is 4.94. The molecule has 0 spiro atoms. The Hall–Kier alpha value is -1.09. The zero-order valence-corrected chi connectivity index (χ0v) is 8.85. The fourth-order valence-electron chi connectivity index (χ4n) is 1.46. The minimum Gasteiger partial charge on any atom is -0.159 e. The van der Waals surface area contributed by atoms with E-state index in [-0.39, 0.29) is 5.66 Å². The molecule has 0 aromatic heterocycles. The number of azide groups is 1. The predicted molar refractivity (Wildman–Crippen MR) is 54.9 cm³/mol. The molecule has 1 heterocycles. The van der Waals surface area contributed by atoms with Crippen molar-refractivity contribution < 1.29 is 0 Å². The van der Waals surface area contributed by atoms with Crippen LogP contribution in [0.1, 0.15) is 39.5 Å². The molecule has 5 heteroatoms. The van der Waals surface area contributed by atoms with Crippen molar-refractivity contribution in [2.75, 3.05) is 6.54 Å². The molecule has 0 amide bonds. The molecule has 1 aliphatic heterocycles. The van der Waals surface area contributed by atoms with Gasteiger partial charge in [-0.2, -0.15) is 10.2 Å². The van der Waals surface area contributed by atoms with Gasteiger partial charge in [0.25, 0.3) is 0 Å². The number of rotatable bonds is 7. The van der Waals surface area contributed by atoms with Gasteiger partial charge in [0.05, 0.1) is 0 Å². The average Bonchev–Trinajstić information content (AvgIpc) is 2.85. The molecule has 0 unspecified atom stereocenters. The lowest BCUT2D eigenvalue weighted by Gasteiger charge is -2.09. The first-order chi connectivity index (χ1) is 6.68. The second kappa shape index (κ2) is 4.96. The Labute approximate surface area is 84.2 Å². The highest BCUT2D eigenvalue weighted by Gasteiger charge is 2.38. The Balaban J connectivity index is 2.12. The normalized spacial score (nSPS) is 16.8. The molecule has 14 heavy (non-hydrogen) atoms. The molecule has 0 aromatic carbocycles. The molecule has 0 radical (unpaired) electrons. The van der Waals surface area contributed by atoms with Gasteiger partial charge in [0.2, 0.25) is 0 Å². The maximum atomic E-state index is 8.13. The summed E-state index contributed by atoms with van der Waals surface area (Å²) in [5.41, 5.74) is 7.95. The number of hydrogen-bond acceptors (Lipinski definition) is 3. The van der Waals surface area contributed by atoms with E-state index >= 15 is 0 Å². The highest BCUT2D eigenvalue weighted by Crippen LogP contribution is 2.37. The van der Waals surface area contributed by atoms with Crippen molar-refractivity contribution in [1.29, 1.82) is 0 Å². The monoisotopic (exact) mass is 195 g/mol. The third-order valence-electron chi connectivity index (χ3n) is 2.42. The molecule has 5 nitrogen and oxygen atoms in total. The van der Waals surface area contributed by atoms with E-state index in [4.69, 9.17) is 5.53 Å². The van der Waals surface area contributed by atoms with Crippen molar-refractivity contribution in [3.05, 3.63) is 10.4 Å². The Morgan fingerprint density at radius 1 is 1.36 bits per heavy atom. The summed E-state index contributed by atoms with van der Waals surface area (Å²) < 4.78 is 0. The first kappa shape index (κ1) is 11.0. The van der Waals surface area contributed by atoms with Crippen molar-refractivity contribution in [2.45, 2.75) is 45.2 Å². The van der Waals surface area contributed by atoms with Gasteiger partial charge in [0.15, 0.2) is 5.66 Å². The van der Waals surface area contributed by atoms with Crippen LogP contribution >= 0.6 is 0 Å². The predicted octanol–water partition coefficient (Wildman–Crippen LogP) is 3.68. The SMILES string of the molecule is CC(C)CCCC1(CCN=[N+]=[N-])N=N1. The van der Waals surface area contributed by atoms with E-state index in [9.17, 15) is 0 Å². The van der Waals surface area contributed by atoms with Crippen LogP contribution < -0.4 is 0 Å². The van der Waals surface area contributed by atoms with Gasteiger partial charge in [-0.3, -0.25) is 0 Å². The largest absolute Gasteiger partial charge is 0.191 e. The van der Waals surface area contributed by atoms with Crippen LogP contribution in [0.25, 0.3) is 10.4 Å². The van der Waals surface area contributed by atoms with Crippen LogP contribution in [0.2, 0.25) is 0 Å². The van der Waals surface area contributed by atoms with Gasteiger partial charge in [-0.25, -0.2) is 0 Å². The highest BCUT2D eigenvalue weighted by atomic mass is 15.4. The fraction of sp³-hybridized carbons (Fsp3) is 1.00. The Morgan fingerprint density at radius 2 is 2.07 bits per heavy atom. The van der Waals surface area contributed by atoms with Gasteiger partial charge >= 0.3 is 0 Å². The topological polar surface area (TPSA) is 73.5 Å². The molecule has 0 saturated heterocycles. The Kier molecular flexibility index (Phi) is 3.89. The van der Waals surface area contributed by atoms with Crippen LogP contribution in [0.4, 0.5) is 0 Å². The van der Waals surface area contributed by atoms with Crippen LogP contribution in [0.15, 0.2) is 15.3 Å². The first-order valence-electron chi connectivity index (χ1n) is 5.13. The van der Waals surface area contributed by atoms with Crippen LogP contribution in [0, 0.1) is 5.92 Å². The van der Waals surface area contributed by atoms with Crippen LogP contribution in [0.5, 0.6) is 0 Å². The zero-order chi connectivity index (χ0) is 10.4. The lowest BCUT2D eigenvalue weighted by Crippen LogP contribution is -2.12. The number of nitrogens with zero attached hydrogens (tertiary/aromatic N) is 5. The summed E-state index contributed by atoms with van der Waals surface area (Å²) in [7, 11) is 0. The summed E-state index contributed by atoms with van der Waals surface area (Å²) in [5, 5.41) is 11.6. The lowest BCUT2D eigenvalue weighted by atomic mass is 9.99. The third kappa shape index (κ3) is 3.75. The molecular weight excluding hydrogens is 178 g/mol. The van der Waals surface area contributed by atoms with Gasteiger partial charge in [-0.15, -0.1) is 0 Å². The third-order valence-corrected chi connectivity index (χ3v) is 2.42. The molecule has 1 aliphatic rings. The smallest absolute Gasteiger partial charge is 0.159 e. The minimum atomic E-state index is -0.178. The molecule has 0 N–H and O–H groups in total. The van der Waals surface area contributed by atoms with Crippen LogP contribution in [-0.2, 0) is 0 Å². The van der Waals surface area contributed by atoms with E-state index in [1.165, 1.54) is 6.42 Å². The molecular formula is C9H17N5. The second-order valence-corrected chi connectivity index (χ2v) is 4.17. The molecule has 0 atom stereocenters. The molecule has 78 valence electrons. The second-order valence-electron chi connectivity index (χ2n) is 4.17. The van der Waals surface area contributed by atoms with Gasteiger partial charge < -0.3 is 0 Å². The Bertz CT molecular complexity index is 246. The highest BCUT2D eigenvalue weighted by molar-refractivity contribution is 4.93. The first-order valence-corrected chi connectivity index (χ1v) is 5.13. The van der Waals surface area contributed by atoms with Crippen LogP contribution in [-0.4, -0.2) is 12.2 Å². The molecule has 0 aliphatic carbocycles.